The quantitative estimate of drug-likeness (QED) is 0.296. The van der Waals surface area contributed by atoms with Gasteiger partial charge in [0, 0.05) is 13.0 Å². The van der Waals surface area contributed by atoms with Gasteiger partial charge in [-0.3, -0.25) is 19.1 Å². The lowest BCUT2D eigenvalue weighted by Crippen LogP contribution is -2.36. The number of hydrogen-bond acceptors (Lipinski definition) is 9. The number of ether oxygens (including phenoxy) is 1. The van der Waals surface area contributed by atoms with E-state index in [-0.39, 0.29) is 36.5 Å². The van der Waals surface area contributed by atoms with Crippen molar-refractivity contribution in [1.29, 1.82) is 0 Å². The molecule has 2 aromatic rings. The average molecular weight is 385 g/mol. The fourth-order valence-corrected chi connectivity index (χ4v) is 3.12. The summed E-state index contributed by atoms with van der Waals surface area (Å²) in [5.41, 5.74) is 3.66. The van der Waals surface area contributed by atoms with Gasteiger partial charge in [0.2, 0.25) is 5.95 Å². The first-order valence-corrected chi connectivity index (χ1v) is 8.11. The van der Waals surface area contributed by atoms with Gasteiger partial charge < -0.3 is 30.9 Å². The van der Waals surface area contributed by atoms with Crippen molar-refractivity contribution in [2.75, 3.05) is 12.3 Å². The number of carbonyl (C=O) groups is 1. The van der Waals surface area contributed by atoms with Gasteiger partial charge in [-0.15, -0.1) is 0 Å². The molecule has 2 aromatic heterocycles. The molecule has 4 unspecified atom stereocenters. The van der Waals surface area contributed by atoms with Crippen molar-refractivity contribution in [3.63, 3.8) is 0 Å². The zero-order valence-corrected chi connectivity index (χ0v) is 14.0. The van der Waals surface area contributed by atoms with Crippen LogP contribution in [0.2, 0.25) is 0 Å². The summed E-state index contributed by atoms with van der Waals surface area (Å²) in [4.78, 5) is 42.1. The van der Waals surface area contributed by atoms with Gasteiger partial charge in [0.25, 0.3) is 5.56 Å². The van der Waals surface area contributed by atoms with Gasteiger partial charge in [-0.2, -0.15) is 4.98 Å². The van der Waals surface area contributed by atoms with E-state index in [0.29, 0.717) is 0 Å². The zero-order valence-electron chi connectivity index (χ0n) is 14.0. The number of H-pyrrole nitrogens is 1. The molecule has 1 aliphatic rings. The third-order valence-corrected chi connectivity index (χ3v) is 4.37. The van der Waals surface area contributed by atoms with Crippen molar-refractivity contribution in [2.45, 2.75) is 43.9 Å². The van der Waals surface area contributed by atoms with Crippen molar-refractivity contribution < 1.29 is 30.0 Å². The summed E-state index contributed by atoms with van der Waals surface area (Å²) in [5, 5.41) is 38.1. The lowest BCUT2D eigenvalue weighted by Gasteiger charge is -2.15. The highest BCUT2D eigenvalue weighted by Gasteiger charge is 2.45. The lowest BCUT2D eigenvalue weighted by atomic mass is 10.1. The van der Waals surface area contributed by atoms with E-state index in [9.17, 15) is 29.7 Å². The number of aliphatic carboxylic acids is 1. The van der Waals surface area contributed by atoms with Gasteiger partial charge in [0.1, 0.15) is 18.3 Å². The van der Waals surface area contributed by atoms with E-state index in [1.165, 1.54) is 0 Å². The SMILES string of the molecule is Nc1nc2c(c(=O)[nH]1)n(CCCC(=O)O)c(=O)n2C1OC(CO)C(O)C1O. The van der Waals surface area contributed by atoms with Gasteiger partial charge in [-0.1, -0.05) is 0 Å². The molecule has 1 aliphatic heterocycles. The molecule has 0 bridgehead atoms. The van der Waals surface area contributed by atoms with Crippen molar-refractivity contribution in [3.8, 4) is 0 Å². The predicted octanol–water partition coefficient (Wildman–Crippen LogP) is -3.06. The number of carboxylic acids is 1. The average Bonchev–Trinajstić information content (AvgIpc) is 3.02. The number of aromatic nitrogens is 4. The Balaban J connectivity index is 2.15. The Morgan fingerprint density at radius 2 is 2.00 bits per heavy atom. The second kappa shape index (κ2) is 7.11. The molecule has 0 radical (unpaired) electrons. The summed E-state index contributed by atoms with van der Waals surface area (Å²) in [6, 6.07) is 0. The number of aromatic amines is 1. The number of fused-ring (bicyclic) bond motifs is 1. The Bertz CT molecular complexity index is 978. The smallest absolute Gasteiger partial charge is 0.332 e. The van der Waals surface area contributed by atoms with Gasteiger partial charge in [0.15, 0.2) is 17.4 Å². The molecule has 0 aromatic carbocycles. The van der Waals surface area contributed by atoms with Crippen LogP contribution in [-0.4, -0.2) is 70.4 Å². The molecule has 0 saturated carbocycles. The third kappa shape index (κ3) is 3.21. The first-order chi connectivity index (χ1) is 12.8. The molecule has 27 heavy (non-hydrogen) atoms. The van der Waals surface area contributed by atoms with E-state index in [4.69, 9.17) is 15.6 Å². The summed E-state index contributed by atoms with van der Waals surface area (Å²) in [6.45, 7) is -0.699. The van der Waals surface area contributed by atoms with Crippen molar-refractivity contribution >= 4 is 23.1 Å². The lowest BCUT2D eigenvalue weighted by molar-refractivity contribution is -0.137. The number of carboxylic acid groups (broad SMARTS) is 1. The Morgan fingerprint density at radius 3 is 2.59 bits per heavy atom. The number of imidazole rings is 1. The summed E-state index contributed by atoms with van der Waals surface area (Å²) in [7, 11) is 0. The minimum atomic E-state index is -1.57. The monoisotopic (exact) mass is 385 g/mol. The van der Waals surface area contributed by atoms with E-state index in [1.54, 1.807) is 0 Å². The van der Waals surface area contributed by atoms with Crippen molar-refractivity contribution in [3.05, 3.63) is 20.8 Å². The molecule has 148 valence electrons. The van der Waals surface area contributed by atoms with Crippen molar-refractivity contribution in [2.24, 2.45) is 0 Å². The van der Waals surface area contributed by atoms with Crippen LogP contribution < -0.4 is 17.0 Å². The molecule has 0 aliphatic carbocycles. The summed E-state index contributed by atoms with van der Waals surface area (Å²) in [6.07, 6.45) is -5.75. The van der Waals surface area contributed by atoms with Crippen LogP contribution in [0.25, 0.3) is 11.2 Å². The van der Waals surface area contributed by atoms with Crippen LogP contribution in [0.4, 0.5) is 5.95 Å². The Labute approximate surface area is 150 Å². The van der Waals surface area contributed by atoms with Crippen LogP contribution in [0, 0.1) is 0 Å². The van der Waals surface area contributed by atoms with E-state index < -0.39 is 48.4 Å². The first-order valence-electron chi connectivity index (χ1n) is 8.11. The van der Waals surface area contributed by atoms with E-state index in [1.807, 2.05) is 0 Å². The van der Waals surface area contributed by atoms with E-state index in [0.717, 1.165) is 9.13 Å². The third-order valence-electron chi connectivity index (χ3n) is 4.37. The van der Waals surface area contributed by atoms with Crippen LogP contribution in [0.15, 0.2) is 9.59 Å². The summed E-state index contributed by atoms with van der Waals surface area (Å²) >= 11 is 0. The number of rotatable bonds is 6. The standard InChI is InChI=1S/C14H19N5O8/c15-13-16-10-7(11(25)17-13)18(3-1-2-6(21)22)14(26)19(10)12-9(24)8(23)5(4-20)27-12/h5,8-9,12,20,23-24H,1-4H2,(H,21,22)(H3,15,16,17,25). The molecule has 1 fully saturated rings. The largest absolute Gasteiger partial charge is 0.481 e. The van der Waals surface area contributed by atoms with Gasteiger partial charge >= 0.3 is 11.7 Å². The molecule has 13 nitrogen and oxygen atoms in total. The van der Waals surface area contributed by atoms with Crippen LogP contribution in [0.5, 0.6) is 0 Å². The van der Waals surface area contributed by atoms with Crippen LogP contribution in [0.3, 0.4) is 0 Å². The van der Waals surface area contributed by atoms with Crippen molar-refractivity contribution in [1.82, 2.24) is 19.1 Å². The maximum absolute atomic E-state index is 12.9. The summed E-state index contributed by atoms with van der Waals surface area (Å²) in [5.74, 6) is -1.35. The molecule has 0 amide bonds. The molecule has 13 heteroatoms. The number of nitrogens with two attached hydrogens (primary N) is 1. The second-order valence-electron chi connectivity index (χ2n) is 6.15. The maximum atomic E-state index is 12.9. The highest BCUT2D eigenvalue weighted by atomic mass is 16.6. The summed E-state index contributed by atoms with van der Waals surface area (Å²) < 4.78 is 7.24. The van der Waals surface area contributed by atoms with Crippen LogP contribution >= 0.6 is 0 Å². The minimum Gasteiger partial charge on any atom is -0.481 e. The molecular weight excluding hydrogens is 366 g/mol. The van der Waals surface area contributed by atoms with Gasteiger partial charge in [0.05, 0.1) is 6.61 Å². The molecule has 4 atom stereocenters. The van der Waals surface area contributed by atoms with E-state index >= 15 is 0 Å². The zero-order chi connectivity index (χ0) is 19.9. The van der Waals surface area contributed by atoms with E-state index in [2.05, 4.69) is 9.97 Å². The predicted molar refractivity (Wildman–Crippen MR) is 88.9 cm³/mol. The molecule has 0 spiro atoms. The molecular formula is C14H19N5O8. The number of aryl methyl sites for hydroxylation is 1. The maximum Gasteiger partial charge on any atom is 0.332 e. The molecule has 7 N–H and O–H groups in total. The highest BCUT2D eigenvalue weighted by Crippen LogP contribution is 2.30. The Kier molecular flexibility index (Phi) is 5.01. The number of hydrogen-bond donors (Lipinski definition) is 6. The first kappa shape index (κ1) is 19.0. The van der Waals surface area contributed by atoms with Crippen LogP contribution in [-0.2, 0) is 16.1 Å². The fraction of sp³-hybridized carbons (Fsp3) is 0.571. The van der Waals surface area contributed by atoms with Gasteiger partial charge in [-0.05, 0) is 6.42 Å². The Hall–Kier alpha value is -2.74. The Morgan fingerprint density at radius 1 is 1.30 bits per heavy atom. The number of aliphatic hydroxyl groups is 3. The number of nitrogen functional groups attached to an aromatic ring is 1. The number of nitrogens with zero attached hydrogens (tertiary/aromatic N) is 3. The number of nitrogens with one attached hydrogen (secondary N) is 1. The van der Waals surface area contributed by atoms with Gasteiger partial charge in [-0.25, -0.2) is 9.36 Å². The normalized spacial score (nSPS) is 25.3. The number of aliphatic hydroxyl groups excluding tert-OH is 3. The second-order valence-corrected chi connectivity index (χ2v) is 6.15. The highest BCUT2D eigenvalue weighted by molar-refractivity contribution is 5.72. The fourth-order valence-electron chi connectivity index (χ4n) is 3.12. The van der Waals surface area contributed by atoms with Crippen LogP contribution in [0.1, 0.15) is 19.1 Å². The molecule has 1 saturated heterocycles. The number of anilines is 1. The minimum absolute atomic E-state index is 0.0636. The molecule has 3 rings (SSSR count). The molecule has 3 heterocycles. The topological polar surface area (TPSA) is 206 Å².